The van der Waals surface area contributed by atoms with Crippen molar-refractivity contribution in [3.05, 3.63) is 21.9 Å². The highest BCUT2D eigenvalue weighted by molar-refractivity contribution is 7.10. The van der Waals surface area contributed by atoms with Gasteiger partial charge in [0.1, 0.15) is 0 Å². The standard InChI is InChI=1S/C17H23NOS/c1-2-16-8-14(10-20-16)17(19)18-9-13-4-11-3-12(5-13)7-15(18)6-11/h8,10-13,15H,2-7,9H2,1H3. The number of rotatable bonds is 2. The highest BCUT2D eigenvalue weighted by atomic mass is 32.1. The van der Waals surface area contributed by atoms with Gasteiger partial charge in [0.25, 0.3) is 5.91 Å². The van der Waals surface area contributed by atoms with Gasteiger partial charge in [0.05, 0.1) is 5.56 Å². The summed E-state index contributed by atoms with van der Waals surface area (Å²) in [6, 6.07) is 2.64. The summed E-state index contributed by atoms with van der Waals surface area (Å²) in [5.41, 5.74) is 0.938. The van der Waals surface area contributed by atoms with Crippen LogP contribution in [0.15, 0.2) is 11.4 Å². The van der Waals surface area contributed by atoms with E-state index in [1.807, 2.05) is 0 Å². The predicted octanol–water partition coefficient (Wildman–Crippen LogP) is 3.96. The predicted molar refractivity (Wildman–Crippen MR) is 82.1 cm³/mol. The molecule has 0 N–H and O–H groups in total. The second-order valence-electron chi connectivity index (χ2n) is 7.04. The third-order valence-electron chi connectivity index (χ3n) is 5.62. The molecular formula is C17H23NOS. The Labute approximate surface area is 125 Å². The van der Waals surface area contributed by atoms with E-state index in [9.17, 15) is 4.79 Å². The van der Waals surface area contributed by atoms with Crippen molar-refractivity contribution in [1.29, 1.82) is 0 Å². The maximum atomic E-state index is 12.9. The monoisotopic (exact) mass is 289 g/mol. The Morgan fingerprint density at radius 1 is 1.20 bits per heavy atom. The number of fused-ring (bicyclic) bond motifs is 1. The number of amides is 1. The molecule has 2 saturated carbocycles. The van der Waals surface area contributed by atoms with E-state index in [2.05, 4.69) is 23.3 Å². The first-order valence-corrected chi connectivity index (χ1v) is 8.99. The zero-order valence-corrected chi connectivity index (χ0v) is 13.0. The van der Waals surface area contributed by atoms with Crippen LogP contribution in [0.25, 0.3) is 0 Å². The highest BCUT2D eigenvalue weighted by Crippen LogP contribution is 2.47. The zero-order valence-electron chi connectivity index (χ0n) is 12.2. The van der Waals surface area contributed by atoms with Crippen molar-refractivity contribution in [1.82, 2.24) is 4.90 Å². The van der Waals surface area contributed by atoms with E-state index in [1.165, 1.54) is 37.0 Å². The minimum atomic E-state index is 0.305. The van der Waals surface area contributed by atoms with Crippen LogP contribution in [0.1, 0.15) is 54.3 Å². The molecule has 4 fully saturated rings. The van der Waals surface area contributed by atoms with Crippen molar-refractivity contribution in [3.8, 4) is 0 Å². The fraction of sp³-hybridized carbons (Fsp3) is 0.706. The van der Waals surface area contributed by atoms with Gasteiger partial charge in [-0.1, -0.05) is 6.92 Å². The van der Waals surface area contributed by atoms with E-state index in [0.717, 1.165) is 36.3 Å². The van der Waals surface area contributed by atoms with E-state index in [-0.39, 0.29) is 0 Å². The summed E-state index contributed by atoms with van der Waals surface area (Å²) in [4.78, 5) is 16.4. The summed E-state index contributed by atoms with van der Waals surface area (Å²) in [6.07, 6.45) is 7.76. The zero-order chi connectivity index (χ0) is 13.7. The summed E-state index contributed by atoms with van der Waals surface area (Å²) in [7, 11) is 0. The Balaban J connectivity index is 1.60. The average molecular weight is 289 g/mol. The number of hydrogen-bond donors (Lipinski definition) is 0. The molecule has 108 valence electrons. The lowest BCUT2D eigenvalue weighted by atomic mass is 9.68. The molecule has 2 unspecified atom stereocenters. The first-order chi connectivity index (χ1) is 9.72. The number of thiophene rings is 1. The van der Waals surface area contributed by atoms with Crippen molar-refractivity contribution in [3.63, 3.8) is 0 Å². The molecule has 1 aromatic heterocycles. The third-order valence-corrected chi connectivity index (χ3v) is 6.70. The van der Waals surface area contributed by atoms with Gasteiger partial charge >= 0.3 is 0 Å². The van der Waals surface area contributed by atoms with Crippen LogP contribution in [0, 0.1) is 17.8 Å². The molecule has 5 rings (SSSR count). The van der Waals surface area contributed by atoms with Gasteiger partial charge in [-0.15, -0.1) is 11.3 Å². The van der Waals surface area contributed by atoms with Crippen LogP contribution in [-0.2, 0) is 6.42 Å². The van der Waals surface area contributed by atoms with E-state index < -0.39 is 0 Å². The molecule has 0 spiro atoms. The first kappa shape index (κ1) is 12.9. The van der Waals surface area contributed by atoms with Gasteiger partial charge in [-0.25, -0.2) is 0 Å². The Kier molecular flexibility index (Phi) is 3.13. The fourth-order valence-electron chi connectivity index (χ4n) is 4.88. The van der Waals surface area contributed by atoms with Crippen LogP contribution >= 0.6 is 11.3 Å². The largest absolute Gasteiger partial charge is 0.335 e. The molecule has 3 heterocycles. The molecule has 3 heteroatoms. The minimum Gasteiger partial charge on any atom is -0.335 e. The molecule has 0 aromatic carbocycles. The van der Waals surface area contributed by atoms with Gasteiger partial charge in [0.15, 0.2) is 0 Å². The van der Waals surface area contributed by atoms with Gasteiger partial charge in [0, 0.05) is 22.8 Å². The van der Waals surface area contributed by atoms with Crippen LogP contribution in [-0.4, -0.2) is 23.4 Å². The second kappa shape index (κ2) is 4.87. The molecule has 1 amide bonds. The van der Waals surface area contributed by atoms with E-state index in [1.54, 1.807) is 11.3 Å². The Morgan fingerprint density at radius 2 is 1.90 bits per heavy atom. The normalized spacial score (nSPS) is 35.4. The Hall–Kier alpha value is -0.830. The van der Waals surface area contributed by atoms with E-state index in [4.69, 9.17) is 0 Å². The summed E-state index contributed by atoms with van der Waals surface area (Å²) >= 11 is 1.73. The average Bonchev–Trinajstić information content (AvgIpc) is 2.83. The number of hydrogen-bond acceptors (Lipinski definition) is 2. The molecule has 2 nitrogen and oxygen atoms in total. The van der Waals surface area contributed by atoms with Gasteiger partial charge in [-0.2, -0.15) is 0 Å². The van der Waals surface area contributed by atoms with Gasteiger partial charge in [-0.05, 0) is 62.3 Å². The molecule has 2 saturated heterocycles. The van der Waals surface area contributed by atoms with Gasteiger partial charge in [-0.3, -0.25) is 4.79 Å². The quantitative estimate of drug-likeness (QED) is 0.807. The number of carbonyl (C=O) groups is 1. The lowest BCUT2D eigenvalue weighted by molar-refractivity contribution is 0.0633. The fourth-order valence-corrected chi connectivity index (χ4v) is 5.69. The molecule has 1 aromatic rings. The highest BCUT2D eigenvalue weighted by Gasteiger charge is 2.44. The number of aryl methyl sites for hydroxylation is 1. The van der Waals surface area contributed by atoms with Crippen LogP contribution in [0.4, 0.5) is 0 Å². The lowest BCUT2D eigenvalue weighted by Gasteiger charge is -2.38. The van der Waals surface area contributed by atoms with Gasteiger partial charge in [0.2, 0.25) is 0 Å². The lowest BCUT2D eigenvalue weighted by Crippen LogP contribution is -2.42. The van der Waals surface area contributed by atoms with Crippen molar-refractivity contribution >= 4 is 17.2 Å². The molecule has 2 aliphatic carbocycles. The maximum absolute atomic E-state index is 12.9. The van der Waals surface area contributed by atoms with E-state index in [0.29, 0.717) is 11.9 Å². The molecule has 4 aliphatic rings. The molecule has 4 bridgehead atoms. The van der Waals surface area contributed by atoms with Crippen LogP contribution in [0.2, 0.25) is 0 Å². The van der Waals surface area contributed by atoms with Crippen LogP contribution < -0.4 is 0 Å². The second-order valence-corrected chi connectivity index (χ2v) is 8.04. The SMILES string of the molecule is CCc1cc(C(=O)N2CC3CC4CC(C3)CC2C4)cs1. The third kappa shape index (κ3) is 2.11. The Morgan fingerprint density at radius 3 is 2.55 bits per heavy atom. The summed E-state index contributed by atoms with van der Waals surface area (Å²) in [5, 5.41) is 2.07. The van der Waals surface area contributed by atoms with Crippen molar-refractivity contribution < 1.29 is 4.79 Å². The summed E-state index contributed by atoms with van der Waals surface area (Å²) < 4.78 is 0. The molecular weight excluding hydrogens is 266 g/mol. The number of carbonyl (C=O) groups excluding carboxylic acids is 1. The van der Waals surface area contributed by atoms with Crippen LogP contribution in [0.5, 0.6) is 0 Å². The van der Waals surface area contributed by atoms with Crippen molar-refractivity contribution in [2.75, 3.05) is 6.54 Å². The minimum absolute atomic E-state index is 0.305. The smallest absolute Gasteiger partial charge is 0.254 e. The molecule has 2 atom stereocenters. The van der Waals surface area contributed by atoms with E-state index >= 15 is 0 Å². The number of nitrogens with zero attached hydrogens (tertiary/aromatic N) is 1. The Bertz CT molecular complexity index is 509. The maximum Gasteiger partial charge on any atom is 0.254 e. The van der Waals surface area contributed by atoms with Gasteiger partial charge < -0.3 is 4.90 Å². The van der Waals surface area contributed by atoms with Crippen LogP contribution in [0.3, 0.4) is 0 Å². The molecule has 2 aliphatic heterocycles. The first-order valence-electron chi connectivity index (χ1n) is 8.11. The van der Waals surface area contributed by atoms with Crippen molar-refractivity contribution in [2.24, 2.45) is 17.8 Å². The van der Waals surface area contributed by atoms with Crippen molar-refractivity contribution in [2.45, 2.75) is 51.5 Å². The molecule has 20 heavy (non-hydrogen) atoms. The topological polar surface area (TPSA) is 20.3 Å². The molecule has 0 radical (unpaired) electrons. The summed E-state index contributed by atoms with van der Waals surface area (Å²) in [6.45, 7) is 3.18. The summed E-state index contributed by atoms with van der Waals surface area (Å²) in [5.74, 6) is 2.89.